The van der Waals surface area contributed by atoms with Gasteiger partial charge in [-0.15, -0.1) is 0 Å². The van der Waals surface area contributed by atoms with Crippen LogP contribution in [0.1, 0.15) is 348 Å². The van der Waals surface area contributed by atoms with E-state index in [4.69, 9.17) is 18.9 Å². The Kier molecular flexibility index (Phi) is 58.4. The van der Waals surface area contributed by atoms with Crippen LogP contribution in [-0.2, 0) is 23.7 Å². The third-order valence-corrected chi connectivity index (χ3v) is 19.0. The molecule has 12 atom stereocenters. The van der Waals surface area contributed by atoms with Crippen molar-refractivity contribution in [3.05, 3.63) is 48.6 Å². The maximum Gasteiger partial charge on any atom is 0.220 e. The number of aliphatic hydroxyl groups is 8. The first-order valence-corrected chi connectivity index (χ1v) is 38.9. The second-order valence-electron chi connectivity index (χ2n) is 27.5. The second-order valence-corrected chi connectivity index (χ2v) is 27.5. The van der Waals surface area contributed by atoms with Gasteiger partial charge in [-0.05, 0) is 70.6 Å². The summed E-state index contributed by atoms with van der Waals surface area (Å²) in [6, 6.07) is -0.940. The number of unbranched alkanes of at least 4 members (excludes halogenated alkanes) is 46. The van der Waals surface area contributed by atoms with Gasteiger partial charge in [-0.1, -0.05) is 319 Å². The van der Waals surface area contributed by atoms with E-state index in [1.165, 1.54) is 270 Å². The molecule has 2 heterocycles. The minimum Gasteiger partial charge on any atom is -0.394 e. The molecule has 540 valence electrons. The van der Waals surface area contributed by atoms with Crippen LogP contribution in [0.25, 0.3) is 0 Å². The standard InChI is InChI=1S/C78H145NO13/c1-3-5-7-9-11-13-15-17-19-21-23-25-27-29-30-31-32-33-34-35-36-38-39-41-43-45-47-49-51-53-55-57-59-61-67(82)66(65-89-77-75(88)73(86)76(69(64-81)91-77)92-78-74(87)72(85)71(84)68(63-80)90-78)79-70(83)62-60-58-56-54-52-50-48-46-44-42-40-37-28-26-24-22-20-18-16-14-12-10-8-6-4-2/h22,24,43,45,51,53,59,61,66-69,71-78,80-82,84-88H,3-21,23,25-42,44,46-50,52,54-58,60,62-65H2,1-2H3,(H,79,83)/b24-22-,45-43+,53-51+,61-59+. The van der Waals surface area contributed by atoms with E-state index in [2.05, 4.69) is 55.6 Å². The van der Waals surface area contributed by atoms with E-state index in [-0.39, 0.29) is 18.9 Å². The van der Waals surface area contributed by atoms with Gasteiger partial charge in [0.1, 0.15) is 48.8 Å². The number of amides is 1. The summed E-state index contributed by atoms with van der Waals surface area (Å²) in [7, 11) is 0. The lowest BCUT2D eigenvalue weighted by Crippen LogP contribution is -2.65. The van der Waals surface area contributed by atoms with Gasteiger partial charge in [-0.25, -0.2) is 0 Å². The number of hydrogen-bond donors (Lipinski definition) is 9. The molecule has 0 aromatic rings. The fourth-order valence-electron chi connectivity index (χ4n) is 12.8. The highest BCUT2D eigenvalue weighted by atomic mass is 16.7. The van der Waals surface area contributed by atoms with Crippen LogP contribution in [-0.4, -0.2) is 140 Å². The molecule has 14 heteroatoms. The van der Waals surface area contributed by atoms with Crippen LogP contribution in [0.2, 0.25) is 0 Å². The number of ether oxygens (including phenoxy) is 4. The lowest BCUT2D eigenvalue weighted by Gasteiger charge is -2.46. The zero-order chi connectivity index (χ0) is 66.6. The van der Waals surface area contributed by atoms with E-state index in [1.54, 1.807) is 6.08 Å². The van der Waals surface area contributed by atoms with E-state index < -0.39 is 86.8 Å². The average molecular weight is 1310 g/mol. The molecule has 2 aliphatic rings. The second kappa shape index (κ2) is 62.5. The number of carbonyl (C=O) groups is 1. The van der Waals surface area contributed by atoms with Crippen molar-refractivity contribution >= 4 is 5.91 Å². The maximum atomic E-state index is 13.4. The van der Waals surface area contributed by atoms with Crippen molar-refractivity contribution < 1.29 is 64.6 Å². The molecule has 1 amide bonds. The van der Waals surface area contributed by atoms with Crippen LogP contribution in [0.3, 0.4) is 0 Å². The first kappa shape index (κ1) is 86.0. The Balaban J connectivity index is 1.66. The monoisotopic (exact) mass is 1300 g/mol. The lowest BCUT2D eigenvalue weighted by molar-refractivity contribution is -0.359. The van der Waals surface area contributed by atoms with E-state index in [0.717, 1.165) is 44.9 Å². The Bertz CT molecular complexity index is 1730. The van der Waals surface area contributed by atoms with E-state index in [1.807, 2.05) is 6.08 Å². The molecule has 0 aromatic heterocycles. The van der Waals surface area contributed by atoms with Gasteiger partial charge >= 0.3 is 0 Å². The molecule has 0 spiro atoms. The summed E-state index contributed by atoms with van der Waals surface area (Å²) in [6.45, 7) is 2.83. The first-order valence-electron chi connectivity index (χ1n) is 38.9. The summed E-state index contributed by atoms with van der Waals surface area (Å²) >= 11 is 0. The van der Waals surface area contributed by atoms with Crippen LogP contribution >= 0.6 is 0 Å². The Morgan fingerprint density at radius 2 is 0.696 bits per heavy atom. The number of carbonyl (C=O) groups excluding carboxylic acids is 1. The molecule has 0 radical (unpaired) electrons. The highest BCUT2D eigenvalue weighted by Gasteiger charge is 2.51. The van der Waals surface area contributed by atoms with Crippen molar-refractivity contribution in [3.63, 3.8) is 0 Å². The Hall–Kier alpha value is -2.05. The van der Waals surface area contributed by atoms with Crippen LogP contribution < -0.4 is 5.32 Å². The third-order valence-electron chi connectivity index (χ3n) is 19.0. The van der Waals surface area contributed by atoms with Crippen molar-refractivity contribution in [2.45, 2.75) is 421 Å². The van der Waals surface area contributed by atoms with Crippen LogP contribution in [0, 0.1) is 0 Å². The molecule has 2 rings (SSSR count). The predicted octanol–water partition coefficient (Wildman–Crippen LogP) is 17.0. The third kappa shape index (κ3) is 45.5. The molecule has 12 unspecified atom stereocenters. The van der Waals surface area contributed by atoms with Crippen molar-refractivity contribution in [2.24, 2.45) is 0 Å². The minimum atomic E-state index is -1.79. The zero-order valence-corrected chi connectivity index (χ0v) is 59.1. The van der Waals surface area contributed by atoms with Gasteiger partial charge < -0.3 is 65.1 Å². The fourth-order valence-corrected chi connectivity index (χ4v) is 12.8. The van der Waals surface area contributed by atoms with Gasteiger partial charge in [0, 0.05) is 6.42 Å². The van der Waals surface area contributed by atoms with Gasteiger partial charge in [0.15, 0.2) is 12.6 Å². The molecular weight excluding hydrogens is 1160 g/mol. The summed E-state index contributed by atoms with van der Waals surface area (Å²) in [5, 5.41) is 87.6. The maximum absolute atomic E-state index is 13.4. The molecule has 2 aliphatic heterocycles. The molecule has 92 heavy (non-hydrogen) atoms. The van der Waals surface area contributed by atoms with Crippen LogP contribution in [0.5, 0.6) is 0 Å². The number of allylic oxidation sites excluding steroid dienone is 7. The van der Waals surface area contributed by atoms with Gasteiger partial charge in [-0.2, -0.15) is 0 Å². The summed E-state index contributed by atoms with van der Waals surface area (Å²) in [4.78, 5) is 13.4. The molecule has 9 N–H and O–H groups in total. The number of hydrogen-bond acceptors (Lipinski definition) is 13. The molecular formula is C78H145NO13. The summed E-state index contributed by atoms with van der Waals surface area (Å²) in [5.41, 5.74) is 0. The number of nitrogens with one attached hydrogen (secondary N) is 1. The Morgan fingerprint density at radius 3 is 1.07 bits per heavy atom. The SMILES string of the molecule is CCCCCCCCCC/C=C\CCCCCCCCCCCCCCCC(=O)NC(COC1OC(CO)C(OC2OC(CO)C(O)C(O)C2O)C(O)C1O)C(O)/C=C/CC/C=C/CC/C=C/CCCCCCCCCCCCCCCCCCCCCCCCC. The molecule has 0 bridgehead atoms. The lowest BCUT2D eigenvalue weighted by atomic mass is 9.97. The van der Waals surface area contributed by atoms with E-state index >= 15 is 0 Å². The van der Waals surface area contributed by atoms with Crippen molar-refractivity contribution in [1.29, 1.82) is 0 Å². The number of rotatable bonds is 65. The van der Waals surface area contributed by atoms with Crippen molar-refractivity contribution in [2.75, 3.05) is 19.8 Å². The Labute approximate surface area is 563 Å². The first-order chi connectivity index (χ1) is 45.1. The van der Waals surface area contributed by atoms with Gasteiger partial charge in [0.2, 0.25) is 5.91 Å². The minimum absolute atomic E-state index is 0.249. The highest BCUT2D eigenvalue weighted by molar-refractivity contribution is 5.76. The topological polar surface area (TPSA) is 228 Å². The molecule has 2 saturated heterocycles. The van der Waals surface area contributed by atoms with Crippen LogP contribution in [0.4, 0.5) is 0 Å². The van der Waals surface area contributed by atoms with Gasteiger partial charge in [0.05, 0.1) is 32.0 Å². The summed E-state index contributed by atoms with van der Waals surface area (Å²) < 4.78 is 22.9. The number of aliphatic hydroxyl groups excluding tert-OH is 8. The highest BCUT2D eigenvalue weighted by Crippen LogP contribution is 2.30. The quantitative estimate of drug-likeness (QED) is 0.0204. The average Bonchev–Trinajstić information content (AvgIpc) is 0.865. The van der Waals surface area contributed by atoms with Crippen LogP contribution in [0.15, 0.2) is 48.6 Å². The van der Waals surface area contributed by atoms with E-state index in [9.17, 15) is 45.6 Å². The Morgan fingerprint density at radius 1 is 0.380 bits per heavy atom. The largest absolute Gasteiger partial charge is 0.394 e. The summed E-state index contributed by atoms with van der Waals surface area (Å²) in [6.07, 6.45) is 66.2. The predicted molar refractivity (Wildman–Crippen MR) is 378 cm³/mol. The fraction of sp³-hybridized carbons (Fsp3) is 0.885. The summed E-state index contributed by atoms with van der Waals surface area (Å²) in [5.74, 6) is -0.249. The molecule has 2 fully saturated rings. The molecule has 0 saturated carbocycles. The zero-order valence-electron chi connectivity index (χ0n) is 59.1. The van der Waals surface area contributed by atoms with Gasteiger partial charge in [0.25, 0.3) is 0 Å². The smallest absolute Gasteiger partial charge is 0.220 e. The van der Waals surface area contributed by atoms with E-state index in [0.29, 0.717) is 12.8 Å². The van der Waals surface area contributed by atoms with Gasteiger partial charge in [-0.3, -0.25) is 4.79 Å². The van der Waals surface area contributed by atoms with Crippen molar-refractivity contribution in [3.8, 4) is 0 Å². The molecule has 14 nitrogen and oxygen atoms in total. The molecule has 0 aromatic carbocycles. The van der Waals surface area contributed by atoms with Crippen molar-refractivity contribution in [1.82, 2.24) is 5.32 Å². The normalized spacial score (nSPS) is 22.9. The molecule has 0 aliphatic carbocycles.